The Hall–Kier alpha value is -3.81. The number of hydrogen-bond acceptors (Lipinski definition) is 6. The number of aryl methyl sites for hydroxylation is 2. The maximum absolute atomic E-state index is 13.0. The number of fused-ring (bicyclic) bond motifs is 1. The van der Waals surface area contributed by atoms with E-state index in [0.717, 1.165) is 29.7 Å². The molecule has 3 aromatic rings. The van der Waals surface area contributed by atoms with E-state index in [9.17, 15) is 9.59 Å². The quantitative estimate of drug-likeness (QED) is 0.468. The van der Waals surface area contributed by atoms with E-state index < -0.39 is 5.97 Å². The van der Waals surface area contributed by atoms with Gasteiger partial charge in [-0.3, -0.25) is 4.79 Å². The average Bonchev–Trinajstić information content (AvgIpc) is 3.21. The molecule has 8 nitrogen and oxygen atoms in total. The molecule has 0 spiro atoms. The number of ether oxygens (including phenoxy) is 1. The molecule has 158 valence electrons. The average molecular weight is 417 g/mol. The summed E-state index contributed by atoms with van der Waals surface area (Å²) in [6.45, 7) is 3.31. The second kappa shape index (κ2) is 8.91. The van der Waals surface area contributed by atoms with Crippen LogP contribution < -0.4 is 4.90 Å². The van der Waals surface area contributed by atoms with Gasteiger partial charge in [0.25, 0.3) is 5.91 Å². The van der Waals surface area contributed by atoms with Crippen molar-refractivity contribution in [2.75, 3.05) is 11.5 Å². The van der Waals surface area contributed by atoms with Crippen molar-refractivity contribution in [2.24, 2.45) is 0 Å². The van der Waals surface area contributed by atoms with Crippen LogP contribution in [0.5, 0.6) is 0 Å². The van der Waals surface area contributed by atoms with Gasteiger partial charge in [-0.2, -0.15) is 4.68 Å². The number of esters is 1. The predicted molar refractivity (Wildman–Crippen MR) is 116 cm³/mol. The molecule has 0 N–H and O–H groups in total. The molecular formula is C23H23N5O3. The summed E-state index contributed by atoms with van der Waals surface area (Å²) in [6.07, 6.45) is 3.41. The molecule has 1 aromatic heterocycles. The zero-order chi connectivity index (χ0) is 21.8. The zero-order valence-corrected chi connectivity index (χ0v) is 17.4. The lowest BCUT2D eigenvalue weighted by atomic mass is 9.96. The molecule has 2 aromatic carbocycles. The van der Waals surface area contributed by atoms with Crippen molar-refractivity contribution in [3.8, 4) is 0 Å². The molecule has 1 aliphatic heterocycles. The lowest BCUT2D eigenvalue weighted by molar-refractivity contribution is -0.142. The minimum absolute atomic E-state index is 0.0298. The molecule has 2 heterocycles. The van der Waals surface area contributed by atoms with Gasteiger partial charge in [-0.25, -0.2) is 4.79 Å². The van der Waals surface area contributed by atoms with Crippen molar-refractivity contribution in [1.82, 2.24) is 20.2 Å². The molecule has 0 saturated carbocycles. The highest BCUT2D eigenvalue weighted by atomic mass is 16.5. The molecule has 0 fully saturated rings. The van der Waals surface area contributed by atoms with Gasteiger partial charge in [-0.1, -0.05) is 48.5 Å². The number of rotatable bonds is 5. The van der Waals surface area contributed by atoms with Gasteiger partial charge in [-0.05, 0) is 60.4 Å². The van der Waals surface area contributed by atoms with Gasteiger partial charge in [0.15, 0.2) is 18.1 Å². The van der Waals surface area contributed by atoms with E-state index in [4.69, 9.17) is 4.74 Å². The number of hydrogen-bond donors (Lipinski definition) is 0. The summed E-state index contributed by atoms with van der Waals surface area (Å²) in [5.41, 5.74) is 2.91. The van der Waals surface area contributed by atoms with E-state index in [-0.39, 0.29) is 24.3 Å². The highest BCUT2D eigenvalue weighted by Gasteiger charge is 2.29. The standard InChI is InChI=1S/C23H23N5O3/c1-16-12-13-19-10-6-7-11-20(19)27(16)22(29)15-31-23(30)21(28-17(2)24-25-26-28)14-18-8-4-3-5-9-18/h3-11,14,16H,12-13,15H2,1-2H3/b21-14-. The summed E-state index contributed by atoms with van der Waals surface area (Å²) >= 11 is 0. The monoisotopic (exact) mass is 417 g/mol. The van der Waals surface area contributed by atoms with Crippen LogP contribution in [0.2, 0.25) is 0 Å². The maximum Gasteiger partial charge on any atom is 0.357 e. The van der Waals surface area contributed by atoms with Crippen LogP contribution >= 0.6 is 0 Å². The Bertz CT molecular complexity index is 1120. The second-order valence-corrected chi connectivity index (χ2v) is 7.43. The topological polar surface area (TPSA) is 90.2 Å². The molecule has 1 amide bonds. The number of carbonyl (C=O) groups is 2. The lowest BCUT2D eigenvalue weighted by Crippen LogP contribution is -2.44. The van der Waals surface area contributed by atoms with E-state index in [1.54, 1.807) is 17.9 Å². The van der Waals surface area contributed by atoms with Gasteiger partial charge in [0.05, 0.1) is 0 Å². The summed E-state index contributed by atoms with van der Waals surface area (Å²) in [5, 5.41) is 11.3. The smallest absolute Gasteiger partial charge is 0.357 e. The number of tetrazole rings is 1. The van der Waals surface area contributed by atoms with Crippen LogP contribution in [0.3, 0.4) is 0 Å². The Balaban J connectivity index is 1.54. The largest absolute Gasteiger partial charge is 0.451 e. The molecule has 1 atom stereocenters. The van der Waals surface area contributed by atoms with Crippen molar-refractivity contribution in [3.63, 3.8) is 0 Å². The predicted octanol–water partition coefficient (Wildman–Crippen LogP) is 2.89. The summed E-state index contributed by atoms with van der Waals surface area (Å²) < 4.78 is 6.72. The van der Waals surface area contributed by atoms with Gasteiger partial charge in [0.2, 0.25) is 0 Å². The number of para-hydroxylation sites is 1. The minimum Gasteiger partial charge on any atom is -0.451 e. The lowest BCUT2D eigenvalue weighted by Gasteiger charge is -2.35. The van der Waals surface area contributed by atoms with Crippen molar-refractivity contribution in [1.29, 1.82) is 0 Å². The summed E-state index contributed by atoms with van der Waals surface area (Å²) in [7, 11) is 0. The molecule has 0 saturated heterocycles. The number of benzene rings is 2. The molecule has 31 heavy (non-hydrogen) atoms. The number of anilines is 1. The Morgan fingerprint density at radius 3 is 2.61 bits per heavy atom. The Morgan fingerprint density at radius 2 is 1.87 bits per heavy atom. The fraction of sp³-hybridized carbons (Fsp3) is 0.261. The van der Waals surface area contributed by atoms with E-state index in [0.29, 0.717) is 5.82 Å². The van der Waals surface area contributed by atoms with Crippen LogP contribution in [0.1, 0.15) is 30.3 Å². The first-order chi connectivity index (χ1) is 15.0. The number of nitrogens with zero attached hydrogens (tertiary/aromatic N) is 5. The van der Waals surface area contributed by atoms with Crippen molar-refractivity contribution >= 4 is 29.3 Å². The number of carbonyl (C=O) groups excluding carboxylic acids is 2. The Morgan fingerprint density at radius 1 is 1.13 bits per heavy atom. The zero-order valence-electron chi connectivity index (χ0n) is 17.4. The number of amides is 1. The summed E-state index contributed by atoms with van der Waals surface area (Å²) in [4.78, 5) is 27.6. The van der Waals surface area contributed by atoms with Crippen LogP contribution in [-0.2, 0) is 20.7 Å². The maximum atomic E-state index is 13.0. The molecule has 0 radical (unpaired) electrons. The van der Waals surface area contributed by atoms with E-state index >= 15 is 0 Å². The molecule has 4 rings (SSSR count). The Labute approximate surface area is 180 Å². The Kier molecular flexibility index (Phi) is 5.88. The molecule has 0 bridgehead atoms. The fourth-order valence-electron chi connectivity index (χ4n) is 3.71. The van der Waals surface area contributed by atoms with Crippen LogP contribution in [0.15, 0.2) is 54.6 Å². The molecule has 1 unspecified atom stereocenters. The molecular weight excluding hydrogens is 394 g/mol. The second-order valence-electron chi connectivity index (χ2n) is 7.43. The summed E-state index contributed by atoms with van der Waals surface area (Å²) in [6, 6.07) is 17.2. The van der Waals surface area contributed by atoms with Crippen LogP contribution in [0, 0.1) is 6.92 Å². The summed E-state index contributed by atoms with van der Waals surface area (Å²) in [5.74, 6) is -0.505. The highest BCUT2D eigenvalue weighted by Crippen LogP contribution is 2.30. The molecule has 0 aliphatic carbocycles. The normalized spacial score (nSPS) is 16.0. The SMILES string of the molecule is Cc1nnnn1/C(=C\c1ccccc1)C(=O)OCC(=O)N1c2ccccc2CCC1C. The van der Waals surface area contributed by atoms with Crippen LogP contribution in [0.25, 0.3) is 11.8 Å². The van der Waals surface area contributed by atoms with E-state index in [2.05, 4.69) is 15.5 Å². The van der Waals surface area contributed by atoms with E-state index in [1.807, 2.05) is 61.5 Å². The fourth-order valence-corrected chi connectivity index (χ4v) is 3.71. The molecule has 1 aliphatic rings. The van der Waals surface area contributed by atoms with Gasteiger partial charge in [0, 0.05) is 11.7 Å². The first-order valence-electron chi connectivity index (χ1n) is 10.1. The first kappa shape index (κ1) is 20.5. The third-order valence-corrected chi connectivity index (χ3v) is 5.28. The minimum atomic E-state index is -0.675. The first-order valence-corrected chi connectivity index (χ1v) is 10.1. The third-order valence-electron chi connectivity index (χ3n) is 5.28. The highest BCUT2D eigenvalue weighted by molar-refractivity contribution is 6.15. The van der Waals surface area contributed by atoms with Crippen LogP contribution in [0.4, 0.5) is 5.69 Å². The van der Waals surface area contributed by atoms with Gasteiger partial charge >= 0.3 is 5.97 Å². The molecule has 8 heteroatoms. The third kappa shape index (κ3) is 4.37. The van der Waals surface area contributed by atoms with Gasteiger partial charge in [-0.15, -0.1) is 5.10 Å². The van der Waals surface area contributed by atoms with Crippen molar-refractivity contribution < 1.29 is 14.3 Å². The number of aromatic nitrogens is 4. The van der Waals surface area contributed by atoms with E-state index in [1.165, 1.54) is 4.68 Å². The van der Waals surface area contributed by atoms with Crippen LogP contribution in [-0.4, -0.2) is 44.7 Å². The van der Waals surface area contributed by atoms with Gasteiger partial charge in [0.1, 0.15) is 0 Å². The van der Waals surface area contributed by atoms with Crippen molar-refractivity contribution in [3.05, 3.63) is 71.5 Å². The van der Waals surface area contributed by atoms with Crippen molar-refractivity contribution in [2.45, 2.75) is 32.7 Å². The van der Waals surface area contributed by atoms with Gasteiger partial charge < -0.3 is 9.64 Å².